The maximum Gasteiger partial charge on any atom is 0.306 e. The average molecular weight is 264 g/mol. The molecule has 0 aliphatic rings. The van der Waals surface area contributed by atoms with Gasteiger partial charge >= 0.3 is 5.97 Å². The topological polar surface area (TPSA) is 52.6 Å². The van der Waals surface area contributed by atoms with Crippen LogP contribution in [0.4, 0.5) is 0 Å². The zero-order valence-corrected chi connectivity index (χ0v) is 12.3. The van der Waals surface area contributed by atoms with Crippen molar-refractivity contribution in [1.82, 2.24) is 0 Å². The highest BCUT2D eigenvalue weighted by molar-refractivity contribution is 7.57. The largest absolute Gasteiger partial charge is 0.460 e. The van der Waals surface area contributed by atoms with E-state index in [1.165, 1.54) is 0 Å². The van der Waals surface area contributed by atoms with Crippen molar-refractivity contribution in [3.05, 3.63) is 0 Å². The van der Waals surface area contributed by atoms with Crippen LogP contribution in [0.5, 0.6) is 0 Å². The van der Waals surface area contributed by atoms with Gasteiger partial charge in [0.15, 0.2) is 7.37 Å². The van der Waals surface area contributed by atoms with Crippen molar-refractivity contribution in [2.45, 2.75) is 52.1 Å². The molecule has 0 bridgehead atoms. The van der Waals surface area contributed by atoms with Crippen molar-refractivity contribution in [1.29, 1.82) is 0 Å². The van der Waals surface area contributed by atoms with E-state index in [0.717, 1.165) is 19.3 Å². The average Bonchev–Trinajstić information content (AvgIpc) is 2.23. The molecule has 0 heterocycles. The van der Waals surface area contributed by atoms with E-state index in [2.05, 4.69) is 6.92 Å². The fraction of sp³-hybridized carbons (Fsp3) is 0.917. The first-order valence-corrected chi connectivity index (χ1v) is 8.80. The summed E-state index contributed by atoms with van der Waals surface area (Å²) in [5.41, 5.74) is 0. The lowest BCUT2D eigenvalue weighted by Crippen LogP contribution is -2.22. The number of unbranched alkanes of at least 4 members (excludes halogenated alkanes) is 2. The number of carbonyl (C=O) groups is 1. The highest BCUT2D eigenvalue weighted by Crippen LogP contribution is 2.37. The Morgan fingerprint density at radius 3 is 2.35 bits per heavy atom. The third kappa shape index (κ3) is 10.5. The fourth-order valence-corrected chi connectivity index (χ4v) is 1.79. The number of carbonyl (C=O) groups excluding carboxylic acids is 1. The monoisotopic (exact) mass is 264 g/mol. The van der Waals surface area contributed by atoms with E-state index in [4.69, 9.17) is 9.26 Å². The van der Waals surface area contributed by atoms with Gasteiger partial charge in [-0.2, -0.15) is 0 Å². The lowest BCUT2D eigenvalue weighted by molar-refractivity contribution is -0.150. The van der Waals surface area contributed by atoms with E-state index in [1.807, 2.05) is 6.92 Å². The van der Waals surface area contributed by atoms with E-state index >= 15 is 0 Å². The van der Waals surface area contributed by atoms with Gasteiger partial charge in [-0.3, -0.25) is 9.36 Å². The Morgan fingerprint density at radius 1 is 1.24 bits per heavy atom. The van der Waals surface area contributed by atoms with Gasteiger partial charge in [0.05, 0.1) is 6.61 Å². The fourth-order valence-electron chi connectivity index (χ4n) is 1.26. The molecule has 5 heteroatoms. The zero-order chi connectivity index (χ0) is 13.3. The minimum Gasteiger partial charge on any atom is -0.460 e. The van der Waals surface area contributed by atoms with Crippen molar-refractivity contribution in [2.75, 3.05) is 19.9 Å². The second-order valence-corrected chi connectivity index (χ2v) is 7.29. The lowest BCUT2D eigenvalue weighted by Gasteiger charge is -2.17. The van der Waals surface area contributed by atoms with E-state index in [1.54, 1.807) is 13.3 Å². The standard InChI is InChI=1S/C12H25O4P/c1-5-7-8-9-12(13)16-11(6-2)10-15-17(3,4)14/h11H,5-10H2,1-4H3. The first kappa shape index (κ1) is 16.7. The summed E-state index contributed by atoms with van der Waals surface area (Å²) in [6, 6.07) is 0. The molecule has 0 aromatic rings. The van der Waals surface area contributed by atoms with Crippen LogP contribution >= 0.6 is 7.37 Å². The third-order valence-corrected chi connectivity index (χ3v) is 3.08. The van der Waals surface area contributed by atoms with Crippen LogP contribution in [-0.4, -0.2) is 32.0 Å². The van der Waals surface area contributed by atoms with Crippen molar-refractivity contribution < 1.29 is 18.6 Å². The predicted molar refractivity (Wildman–Crippen MR) is 69.7 cm³/mol. The van der Waals surface area contributed by atoms with Gasteiger partial charge in [-0.1, -0.05) is 26.7 Å². The summed E-state index contributed by atoms with van der Waals surface area (Å²) >= 11 is 0. The van der Waals surface area contributed by atoms with Crippen molar-refractivity contribution in [3.8, 4) is 0 Å². The van der Waals surface area contributed by atoms with Crippen LogP contribution < -0.4 is 0 Å². The first-order chi connectivity index (χ1) is 7.89. The lowest BCUT2D eigenvalue weighted by atomic mass is 10.2. The Kier molecular flexibility index (Phi) is 8.53. The Bertz CT molecular complexity index is 259. The minimum absolute atomic E-state index is 0.184. The van der Waals surface area contributed by atoms with Gasteiger partial charge < -0.3 is 9.26 Å². The zero-order valence-electron chi connectivity index (χ0n) is 11.4. The van der Waals surface area contributed by atoms with Gasteiger partial charge in [-0.05, 0) is 12.8 Å². The van der Waals surface area contributed by atoms with E-state index in [9.17, 15) is 9.36 Å². The molecular weight excluding hydrogens is 239 g/mol. The Hall–Kier alpha value is -0.340. The van der Waals surface area contributed by atoms with Gasteiger partial charge in [0.2, 0.25) is 0 Å². The van der Waals surface area contributed by atoms with Gasteiger partial charge in [0, 0.05) is 19.8 Å². The van der Waals surface area contributed by atoms with Crippen LogP contribution in [0.3, 0.4) is 0 Å². The normalized spacial score (nSPS) is 13.4. The van der Waals surface area contributed by atoms with Gasteiger partial charge in [0.25, 0.3) is 0 Å². The first-order valence-electron chi connectivity index (χ1n) is 6.28. The minimum atomic E-state index is -2.49. The Morgan fingerprint density at radius 2 is 1.88 bits per heavy atom. The second kappa shape index (κ2) is 8.71. The molecule has 0 fully saturated rings. The molecule has 0 spiro atoms. The molecule has 0 radical (unpaired) electrons. The number of hydrogen-bond donors (Lipinski definition) is 0. The summed E-state index contributed by atoms with van der Waals surface area (Å²) in [5, 5.41) is 0. The quantitative estimate of drug-likeness (QED) is 0.363. The molecule has 0 aliphatic carbocycles. The third-order valence-electron chi connectivity index (χ3n) is 2.31. The molecule has 102 valence electrons. The molecule has 0 aromatic heterocycles. The molecule has 17 heavy (non-hydrogen) atoms. The van der Waals surface area contributed by atoms with Gasteiger partial charge in [-0.25, -0.2) is 0 Å². The number of rotatable bonds is 9. The van der Waals surface area contributed by atoms with E-state index in [-0.39, 0.29) is 18.7 Å². The molecule has 0 rings (SSSR count). The molecule has 0 amide bonds. The highest BCUT2D eigenvalue weighted by Gasteiger charge is 2.16. The highest BCUT2D eigenvalue weighted by atomic mass is 31.2. The van der Waals surface area contributed by atoms with Crippen molar-refractivity contribution in [2.24, 2.45) is 0 Å². The summed E-state index contributed by atoms with van der Waals surface area (Å²) in [7, 11) is -2.49. The molecule has 4 nitrogen and oxygen atoms in total. The molecule has 0 aromatic carbocycles. The van der Waals surface area contributed by atoms with Gasteiger partial charge in [-0.15, -0.1) is 0 Å². The summed E-state index contributed by atoms with van der Waals surface area (Å²) in [6.07, 6.45) is 3.86. The summed E-state index contributed by atoms with van der Waals surface area (Å²) in [5.74, 6) is -0.184. The molecule has 1 atom stereocenters. The summed E-state index contributed by atoms with van der Waals surface area (Å²) < 4.78 is 21.8. The van der Waals surface area contributed by atoms with Crippen LogP contribution in [-0.2, 0) is 18.6 Å². The Labute approximate surface area is 105 Å². The smallest absolute Gasteiger partial charge is 0.306 e. The maximum absolute atomic E-state index is 11.5. The Balaban J connectivity index is 3.87. The molecule has 1 unspecified atom stereocenters. The van der Waals surface area contributed by atoms with Crippen LogP contribution in [0.1, 0.15) is 46.0 Å². The van der Waals surface area contributed by atoms with E-state index in [0.29, 0.717) is 12.8 Å². The van der Waals surface area contributed by atoms with Crippen molar-refractivity contribution in [3.63, 3.8) is 0 Å². The SMILES string of the molecule is CCCCCC(=O)OC(CC)COP(C)(C)=O. The molecule has 0 saturated carbocycles. The molecule has 0 aliphatic heterocycles. The molecular formula is C12H25O4P. The maximum atomic E-state index is 11.5. The van der Waals surface area contributed by atoms with Crippen LogP contribution in [0.15, 0.2) is 0 Å². The van der Waals surface area contributed by atoms with Crippen LogP contribution in [0.2, 0.25) is 0 Å². The van der Waals surface area contributed by atoms with E-state index < -0.39 is 7.37 Å². The number of esters is 1. The molecule has 0 saturated heterocycles. The molecule has 0 N–H and O–H groups in total. The van der Waals surface area contributed by atoms with Gasteiger partial charge in [0.1, 0.15) is 6.10 Å². The second-order valence-electron chi connectivity index (χ2n) is 4.53. The van der Waals surface area contributed by atoms with Crippen LogP contribution in [0.25, 0.3) is 0 Å². The number of hydrogen-bond acceptors (Lipinski definition) is 4. The van der Waals surface area contributed by atoms with Crippen LogP contribution in [0, 0.1) is 0 Å². The van der Waals surface area contributed by atoms with Crippen molar-refractivity contribution >= 4 is 13.3 Å². The predicted octanol–water partition coefficient (Wildman–Crippen LogP) is 3.44. The summed E-state index contributed by atoms with van der Waals surface area (Å²) in [6.45, 7) is 7.35. The summed E-state index contributed by atoms with van der Waals surface area (Å²) in [4.78, 5) is 11.5. The number of ether oxygens (including phenoxy) is 1.